The summed E-state index contributed by atoms with van der Waals surface area (Å²) in [6.07, 6.45) is 7.20. The topological polar surface area (TPSA) is 41.1 Å². The smallest absolute Gasteiger partial charge is 0.315 e. The summed E-state index contributed by atoms with van der Waals surface area (Å²) >= 11 is 0. The largest absolute Gasteiger partial charge is 0.338 e. The number of amides is 2. The molecule has 2 N–H and O–H groups in total. The van der Waals surface area contributed by atoms with E-state index in [1.807, 2.05) is 0 Å². The van der Waals surface area contributed by atoms with Crippen molar-refractivity contribution >= 4 is 6.03 Å². The molecular weight excluding hydrogens is 188 g/mol. The maximum Gasteiger partial charge on any atom is 0.315 e. The van der Waals surface area contributed by atoms with E-state index in [0.717, 1.165) is 25.8 Å². The average molecular weight is 212 g/mol. The normalized spacial score (nSPS) is 17.8. The molecule has 2 amide bonds. The van der Waals surface area contributed by atoms with Crippen molar-refractivity contribution in [1.82, 2.24) is 10.6 Å². The van der Waals surface area contributed by atoms with E-state index in [9.17, 15) is 4.79 Å². The van der Waals surface area contributed by atoms with Gasteiger partial charge in [-0.05, 0) is 25.2 Å². The highest BCUT2D eigenvalue weighted by atomic mass is 16.2. The van der Waals surface area contributed by atoms with Crippen molar-refractivity contribution in [2.24, 2.45) is 5.92 Å². The number of carbonyl (C=O) groups is 1. The molecule has 3 nitrogen and oxygen atoms in total. The summed E-state index contributed by atoms with van der Waals surface area (Å²) in [6.45, 7) is 5.12. The van der Waals surface area contributed by atoms with E-state index in [4.69, 9.17) is 0 Å². The first kappa shape index (κ1) is 12.3. The van der Waals surface area contributed by atoms with Crippen molar-refractivity contribution in [2.45, 2.75) is 58.4 Å². The van der Waals surface area contributed by atoms with Crippen LogP contribution in [0.25, 0.3) is 0 Å². The Bertz CT molecular complexity index is 186. The van der Waals surface area contributed by atoms with Crippen LogP contribution >= 0.6 is 0 Å². The van der Waals surface area contributed by atoms with Crippen molar-refractivity contribution in [3.63, 3.8) is 0 Å². The van der Waals surface area contributed by atoms with Gasteiger partial charge in [-0.15, -0.1) is 0 Å². The van der Waals surface area contributed by atoms with Crippen LogP contribution in [0.4, 0.5) is 4.79 Å². The Kier molecular flexibility index (Phi) is 5.51. The predicted molar refractivity (Wildman–Crippen MR) is 62.9 cm³/mol. The molecule has 0 radical (unpaired) electrons. The van der Waals surface area contributed by atoms with Crippen LogP contribution in [-0.2, 0) is 0 Å². The molecule has 0 atom stereocenters. The van der Waals surface area contributed by atoms with Gasteiger partial charge >= 0.3 is 6.03 Å². The van der Waals surface area contributed by atoms with E-state index in [0.29, 0.717) is 12.0 Å². The van der Waals surface area contributed by atoms with Gasteiger partial charge in [-0.3, -0.25) is 0 Å². The Balaban J connectivity index is 2.06. The van der Waals surface area contributed by atoms with E-state index in [1.54, 1.807) is 0 Å². The van der Waals surface area contributed by atoms with Gasteiger partial charge in [-0.2, -0.15) is 0 Å². The first-order chi connectivity index (χ1) is 7.18. The number of hydrogen-bond donors (Lipinski definition) is 2. The van der Waals surface area contributed by atoms with Crippen molar-refractivity contribution < 1.29 is 4.79 Å². The highest BCUT2D eigenvalue weighted by Crippen LogP contribution is 2.17. The lowest BCUT2D eigenvalue weighted by Crippen LogP contribution is -2.43. The summed E-state index contributed by atoms with van der Waals surface area (Å²) < 4.78 is 0. The molecule has 88 valence electrons. The first-order valence-corrected chi connectivity index (χ1v) is 6.23. The van der Waals surface area contributed by atoms with E-state index in [-0.39, 0.29) is 6.03 Å². The van der Waals surface area contributed by atoms with E-state index in [2.05, 4.69) is 24.5 Å². The quantitative estimate of drug-likeness (QED) is 0.739. The average Bonchev–Trinajstić information content (AvgIpc) is 2.18. The maximum atomic E-state index is 11.5. The van der Waals surface area contributed by atoms with Gasteiger partial charge in [-0.1, -0.05) is 33.1 Å². The number of nitrogens with one attached hydrogen (secondary N) is 2. The van der Waals surface area contributed by atoms with E-state index < -0.39 is 0 Å². The molecule has 0 aromatic heterocycles. The van der Waals surface area contributed by atoms with Gasteiger partial charge < -0.3 is 10.6 Å². The fraction of sp³-hybridized carbons (Fsp3) is 0.917. The van der Waals surface area contributed by atoms with Crippen molar-refractivity contribution in [1.29, 1.82) is 0 Å². The molecule has 0 spiro atoms. The van der Waals surface area contributed by atoms with Gasteiger partial charge in [0, 0.05) is 12.6 Å². The molecule has 0 aromatic rings. The molecule has 0 bridgehead atoms. The fourth-order valence-corrected chi connectivity index (χ4v) is 1.96. The third-order valence-corrected chi connectivity index (χ3v) is 2.95. The van der Waals surface area contributed by atoms with Crippen LogP contribution in [-0.4, -0.2) is 18.6 Å². The lowest BCUT2D eigenvalue weighted by molar-refractivity contribution is 0.232. The molecule has 0 aliphatic heterocycles. The molecule has 1 aliphatic carbocycles. The Morgan fingerprint density at radius 3 is 2.53 bits per heavy atom. The van der Waals surface area contributed by atoms with Crippen molar-refractivity contribution in [3.8, 4) is 0 Å². The molecule has 0 aromatic carbocycles. The lowest BCUT2D eigenvalue weighted by atomic mass is 9.96. The highest BCUT2D eigenvalue weighted by Gasteiger charge is 2.14. The predicted octanol–water partition coefficient (Wildman–Crippen LogP) is 2.66. The fourth-order valence-electron chi connectivity index (χ4n) is 1.96. The summed E-state index contributed by atoms with van der Waals surface area (Å²) in [5, 5.41) is 5.95. The van der Waals surface area contributed by atoms with Gasteiger partial charge in [0.15, 0.2) is 0 Å². The summed E-state index contributed by atoms with van der Waals surface area (Å²) in [6, 6.07) is 0.431. The Labute approximate surface area is 93.0 Å². The summed E-state index contributed by atoms with van der Waals surface area (Å²) in [5.41, 5.74) is 0. The highest BCUT2D eigenvalue weighted by molar-refractivity contribution is 5.74. The molecule has 0 heterocycles. The third kappa shape index (κ3) is 5.65. The standard InChI is InChI=1S/C12H24N2O/c1-10(2)8-9-13-12(15)14-11-6-4-3-5-7-11/h10-11H,3-9H2,1-2H3,(H2,13,14,15). The van der Waals surface area contributed by atoms with Crippen molar-refractivity contribution in [2.75, 3.05) is 6.54 Å². The van der Waals surface area contributed by atoms with Crippen LogP contribution in [0.5, 0.6) is 0 Å². The molecule has 1 aliphatic rings. The maximum absolute atomic E-state index is 11.5. The number of hydrogen-bond acceptors (Lipinski definition) is 1. The second-order valence-electron chi connectivity index (χ2n) is 4.92. The second-order valence-corrected chi connectivity index (χ2v) is 4.92. The molecule has 3 heteroatoms. The zero-order valence-corrected chi connectivity index (χ0v) is 10.0. The van der Waals surface area contributed by atoms with Gasteiger partial charge in [0.2, 0.25) is 0 Å². The Morgan fingerprint density at radius 1 is 1.27 bits per heavy atom. The van der Waals surface area contributed by atoms with E-state index in [1.165, 1.54) is 19.3 Å². The number of urea groups is 1. The summed E-state index contributed by atoms with van der Waals surface area (Å²) in [7, 11) is 0. The monoisotopic (exact) mass is 212 g/mol. The molecule has 1 rings (SSSR count). The van der Waals surface area contributed by atoms with Crippen LogP contribution in [0.2, 0.25) is 0 Å². The molecule has 1 saturated carbocycles. The molecule has 0 saturated heterocycles. The van der Waals surface area contributed by atoms with Crippen LogP contribution < -0.4 is 10.6 Å². The zero-order valence-electron chi connectivity index (χ0n) is 10.0. The Hall–Kier alpha value is -0.730. The van der Waals surface area contributed by atoms with Crippen LogP contribution in [0, 0.1) is 5.92 Å². The third-order valence-electron chi connectivity index (χ3n) is 2.95. The lowest BCUT2D eigenvalue weighted by Gasteiger charge is -2.22. The van der Waals surface area contributed by atoms with Gasteiger partial charge in [0.05, 0.1) is 0 Å². The van der Waals surface area contributed by atoms with Gasteiger partial charge in [0.1, 0.15) is 0 Å². The van der Waals surface area contributed by atoms with Gasteiger partial charge in [-0.25, -0.2) is 4.79 Å². The minimum Gasteiger partial charge on any atom is -0.338 e. The SMILES string of the molecule is CC(C)CCNC(=O)NC1CCCCC1. The summed E-state index contributed by atoms with van der Waals surface area (Å²) in [4.78, 5) is 11.5. The van der Waals surface area contributed by atoms with Crippen molar-refractivity contribution in [3.05, 3.63) is 0 Å². The van der Waals surface area contributed by atoms with Crippen LogP contribution in [0.15, 0.2) is 0 Å². The molecule has 15 heavy (non-hydrogen) atoms. The number of carbonyl (C=O) groups excluding carboxylic acids is 1. The minimum atomic E-state index is 0.0163. The second kappa shape index (κ2) is 6.70. The summed E-state index contributed by atoms with van der Waals surface area (Å²) in [5.74, 6) is 0.653. The number of rotatable bonds is 4. The minimum absolute atomic E-state index is 0.0163. The first-order valence-electron chi connectivity index (χ1n) is 6.23. The van der Waals surface area contributed by atoms with Crippen LogP contribution in [0.3, 0.4) is 0 Å². The molecular formula is C12H24N2O. The van der Waals surface area contributed by atoms with E-state index >= 15 is 0 Å². The zero-order chi connectivity index (χ0) is 11.1. The molecule has 0 unspecified atom stereocenters. The Morgan fingerprint density at radius 2 is 1.93 bits per heavy atom. The molecule has 1 fully saturated rings. The van der Waals surface area contributed by atoms with Gasteiger partial charge in [0.25, 0.3) is 0 Å². The van der Waals surface area contributed by atoms with Crippen LogP contribution in [0.1, 0.15) is 52.4 Å².